The molecule has 0 bridgehead atoms. The first-order chi connectivity index (χ1) is 7.18. The van der Waals surface area contributed by atoms with E-state index in [4.69, 9.17) is 0 Å². The normalized spacial score (nSPS) is 22.9. The first-order valence-electron chi connectivity index (χ1n) is 5.36. The number of nitrogens with one attached hydrogen (secondary N) is 1. The molecule has 1 aliphatic heterocycles. The second-order valence-electron chi connectivity index (χ2n) is 4.12. The van der Waals surface area contributed by atoms with Crippen LogP contribution in [0.2, 0.25) is 0 Å². The van der Waals surface area contributed by atoms with Gasteiger partial charge in [0.05, 0.1) is 0 Å². The summed E-state index contributed by atoms with van der Waals surface area (Å²) in [5, 5.41) is 12.8. The summed E-state index contributed by atoms with van der Waals surface area (Å²) in [6.45, 7) is 3.42. The zero-order valence-corrected chi connectivity index (χ0v) is 8.83. The van der Waals surface area contributed by atoms with Crippen LogP contribution in [0.3, 0.4) is 0 Å². The highest BCUT2D eigenvalue weighted by Gasteiger charge is 2.18. The lowest BCUT2D eigenvalue weighted by molar-refractivity contribution is 0.356. The van der Waals surface area contributed by atoms with Gasteiger partial charge in [-0.15, -0.1) is 0 Å². The van der Waals surface area contributed by atoms with E-state index in [1.807, 2.05) is 6.07 Å². The summed E-state index contributed by atoms with van der Waals surface area (Å²) in [6.07, 6.45) is -0.0236. The molecule has 3 heteroatoms. The molecule has 1 aromatic carbocycles. The fourth-order valence-electron chi connectivity index (χ4n) is 2.08. The number of phenols is 1. The fraction of sp³-hybridized carbons (Fsp3) is 0.500. The van der Waals surface area contributed by atoms with Crippen molar-refractivity contribution in [3.8, 4) is 5.75 Å². The molecular formula is C12H16FNO. The van der Waals surface area contributed by atoms with Gasteiger partial charge in [0, 0.05) is 12.1 Å². The Morgan fingerprint density at radius 2 is 2.33 bits per heavy atom. The van der Waals surface area contributed by atoms with Gasteiger partial charge in [-0.1, -0.05) is 6.07 Å². The molecule has 82 valence electrons. The van der Waals surface area contributed by atoms with Crippen molar-refractivity contribution in [2.24, 2.45) is 0 Å². The van der Waals surface area contributed by atoms with E-state index in [-0.39, 0.29) is 5.75 Å². The van der Waals surface area contributed by atoms with Crippen molar-refractivity contribution >= 4 is 0 Å². The highest BCUT2D eigenvalue weighted by molar-refractivity contribution is 5.39. The third kappa shape index (κ3) is 2.12. The van der Waals surface area contributed by atoms with E-state index in [1.54, 1.807) is 12.1 Å². The van der Waals surface area contributed by atoms with E-state index >= 15 is 0 Å². The zero-order chi connectivity index (χ0) is 10.8. The minimum absolute atomic E-state index is 0.0553. The first-order valence-corrected chi connectivity index (χ1v) is 5.36. The number of aromatic hydroxyl groups is 1. The van der Waals surface area contributed by atoms with Crippen LogP contribution in [-0.2, 0) is 0 Å². The van der Waals surface area contributed by atoms with Gasteiger partial charge >= 0.3 is 0 Å². The SMILES string of the molecule is CC(F)c1cc(C2CCNC2)ccc1O. The predicted molar refractivity (Wildman–Crippen MR) is 57.9 cm³/mol. The highest BCUT2D eigenvalue weighted by Crippen LogP contribution is 2.31. The Hall–Kier alpha value is -1.09. The van der Waals surface area contributed by atoms with Gasteiger partial charge in [-0.25, -0.2) is 4.39 Å². The van der Waals surface area contributed by atoms with Crippen molar-refractivity contribution in [2.75, 3.05) is 13.1 Å². The molecule has 15 heavy (non-hydrogen) atoms. The monoisotopic (exact) mass is 209 g/mol. The summed E-state index contributed by atoms with van der Waals surface area (Å²) < 4.78 is 13.2. The molecule has 1 saturated heterocycles. The van der Waals surface area contributed by atoms with Crippen LogP contribution < -0.4 is 5.32 Å². The van der Waals surface area contributed by atoms with Gasteiger partial charge < -0.3 is 10.4 Å². The molecule has 0 spiro atoms. The third-order valence-corrected chi connectivity index (χ3v) is 3.01. The predicted octanol–water partition coefficient (Wildman–Crippen LogP) is 2.50. The van der Waals surface area contributed by atoms with Gasteiger partial charge in [0.15, 0.2) is 0 Å². The molecule has 1 aromatic rings. The number of hydrogen-bond donors (Lipinski definition) is 2. The lowest BCUT2D eigenvalue weighted by Crippen LogP contribution is -2.08. The van der Waals surface area contributed by atoms with Crippen LogP contribution in [0.15, 0.2) is 18.2 Å². The van der Waals surface area contributed by atoms with Crippen molar-refractivity contribution in [1.82, 2.24) is 5.32 Å². The van der Waals surface area contributed by atoms with Gasteiger partial charge in [-0.05, 0) is 43.5 Å². The lowest BCUT2D eigenvalue weighted by Gasteiger charge is -2.12. The minimum atomic E-state index is -1.11. The maximum absolute atomic E-state index is 13.2. The van der Waals surface area contributed by atoms with Gasteiger partial charge in [0.2, 0.25) is 0 Å². The summed E-state index contributed by atoms with van der Waals surface area (Å²) >= 11 is 0. The molecule has 1 fully saturated rings. The van der Waals surface area contributed by atoms with Gasteiger partial charge in [0.25, 0.3) is 0 Å². The maximum Gasteiger partial charge on any atom is 0.126 e. The van der Waals surface area contributed by atoms with E-state index in [2.05, 4.69) is 5.32 Å². The number of halogens is 1. The molecule has 2 atom stereocenters. The minimum Gasteiger partial charge on any atom is -0.508 e. The average molecular weight is 209 g/mol. The molecule has 2 nitrogen and oxygen atoms in total. The molecule has 2 N–H and O–H groups in total. The van der Waals surface area contributed by atoms with Crippen LogP contribution in [0.4, 0.5) is 4.39 Å². The average Bonchev–Trinajstić information content (AvgIpc) is 2.71. The molecule has 2 rings (SSSR count). The van der Waals surface area contributed by atoms with Gasteiger partial charge in [-0.2, -0.15) is 0 Å². The van der Waals surface area contributed by atoms with Crippen molar-refractivity contribution in [1.29, 1.82) is 0 Å². The summed E-state index contributed by atoms with van der Waals surface area (Å²) in [5.41, 5.74) is 1.52. The number of hydrogen-bond acceptors (Lipinski definition) is 2. The van der Waals surface area contributed by atoms with E-state index < -0.39 is 6.17 Å². The Balaban J connectivity index is 2.29. The third-order valence-electron chi connectivity index (χ3n) is 3.01. The zero-order valence-electron chi connectivity index (χ0n) is 8.83. The van der Waals surface area contributed by atoms with Crippen molar-refractivity contribution in [3.05, 3.63) is 29.3 Å². The summed E-state index contributed by atoms with van der Waals surface area (Å²) in [5.74, 6) is 0.516. The van der Waals surface area contributed by atoms with Crippen molar-refractivity contribution in [2.45, 2.75) is 25.4 Å². The van der Waals surface area contributed by atoms with E-state index in [0.717, 1.165) is 25.1 Å². The Labute approximate surface area is 89.1 Å². The molecule has 0 aromatic heterocycles. The highest BCUT2D eigenvalue weighted by atomic mass is 19.1. The Kier molecular flexibility index (Phi) is 2.91. The Bertz CT molecular complexity index is 345. The number of phenolic OH excluding ortho intramolecular Hbond substituents is 1. The van der Waals surface area contributed by atoms with Crippen LogP contribution in [0.1, 0.15) is 36.6 Å². The van der Waals surface area contributed by atoms with Crippen LogP contribution >= 0.6 is 0 Å². The van der Waals surface area contributed by atoms with Crippen molar-refractivity contribution < 1.29 is 9.50 Å². The molecular weight excluding hydrogens is 193 g/mol. The Morgan fingerprint density at radius 3 is 2.93 bits per heavy atom. The summed E-state index contributed by atoms with van der Waals surface area (Å²) in [7, 11) is 0. The standard InChI is InChI=1S/C12H16FNO/c1-8(13)11-6-9(2-3-12(11)15)10-4-5-14-7-10/h2-3,6,8,10,14-15H,4-5,7H2,1H3. The van der Waals surface area contributed by atoms with E-state index in [9.17, 15) is 9.50 Å². The summed E-state index contributed by atoms with van der Waals surface area (Å²) in [6, 6.07) is 5.27. The molecule has 2 unspecified atom stereocenters. The van der Waals surface area contributed by atoms with Gasteiger partial charge in [-0.3, -0.25) is 0 Å². The molecule has 0 aliphatic carbocycles. The Morgan fingerprint density at radius 1 is 1.53 bits per heavy atom. The van der Waals surface area contributed by atoms with Crippen LogP contribution in [0, 0.1) is 0 Å². The van der Waals surface area contributed by atoms with Crippen LogP contribution in [0.5, 0.6) is 5.75 Å². The van der Waals surface area contributed by atoms with E-state index in [1.165, 1.54) is 6.92 Å². The smallest absolute Gasteiger partial charge is 0.126 e. The second kappa shape index (κ2) is 4.19. The molecule has 1 aliphatic rings. The number of alkyl halides is 1. The molecule has 0 saturated carbocycles. The summed E-state index contributed by atoms with van der Waals surface area (Å²) in [4.78, 5) is 0. The fourth-order valence-corrected chi connectivity index (χ4v) is 2.08. The topological polar surface area (TPSA) is 32.3 Å². The van der Waals surface area contributed by atoms with Gasteiger partial charge in [0.1, 0.15) is 11.9 Å². The number of benzene rings is 1. The quantitative estimate of drug-likeness (QED) is 0.784. The molecule has 0 amide bonds. The number of rotatable bonds is 2. The largest absolute Gasteiger partial charge is 0.508 e. The molecule has 0 radical (unpaired) electrons. The first kappa shape index (κ1) is 10.4. The van der Waals surface area contributed by atoms with Crippen LogP contribution in [-0.4, -0.2) is 18.2 Å². The lowest BCUT2D eigenvalue weighted by atomic mass is 9.95. The van der Waals surface area contributed by atoms with Crippen LogP contribution in [0.25, 0.3) is 0 Å². The second-order valence-corrected chi connectivity index (χ2v) is 4.12. The maximum atomic E-state index is 13.2. The van der Waals surface area contributed by atoms with Crippen molar-refractivity contribution in [3.63, 3.8) is 0 Å². The molecule has 1 heterocycles. The van der Waals surface area contributed by atoms with E-state index in [0.29, 0.717) is 11.5 Å².